The van der Waals surface area contributed by atoms with Crippen molar-refractivity contribution in [1.29, 1.82) is 0 Å². The van der Waals surface area contributed by atoms with Crippen molar-refractivity contribution in [2.45, 2.75) is 32.4 Å². The molecule has 1 aromatic carbocycles. The van der Waals surface area contributed by atoms with Gasteiger partial charge in [-0.15, -0.1) is 0 Å². The summed E-state index contributed by atoms with van der Waals surface area (Å²) >= 11 is 3.61. The number of hydrogen-bond donors (Lipinski definition) is 2. The third-order valence-electron chi connectivity index (χ3n) is 3.45. The highest BCUT2D eigenvalue weighted by atomic mass is 79.9. The van der Waals surface area contributed by atoms with Gasteiger partial charge >= 0.3 is 0 Å². The zero-order valence-corrected chi connectivity index (χ0v) is 13.7. The highest BCUT2D eigenvalue weighted by Gasteiger charge is 2.15. The summed E-state index contributed by atoms with van der Waals surface area (Å²) in [5.74, 6) is 0. The Labute approximate surface area is 125 Å². The minimum absolute atomic E-state index is 0.220. The summed E-state index contributed by atoms with van der Waals surface area (Å²) in [6.45, 7) is 6.28. The summed E-state index contributed by atoms with van der Waals surface area (Å²) in [5, 5.41) is 12.5. The Balaban J connectivity index is 2.65. The van der Waals surface area contributed by atoms with E-state index >= 15 is 0 Å². The standard InChI is InChI=1S/C15H25BrN2O/c1-12(2)18(10-11-19)9-8-15(17-3)13-6-4-5-7-14(13)16/h4-7,12,15,17,19H,8-11H2,1-3H3. The molecule has 0 radical (unpaired) electrons. The van der Waals surface area contributed by atoms with Crippen LogP contribution in [0, 0.1) is 0 Å². The second-order valence-electron chi connectivity index (χ2n) is 5.00. The van der Waals surface area contributed by atoms with Crippen LogP contribution in [0.15, 0.2) is 28.7 Å². The molecule has 1 unspecified atom stereocenters. The SMILES string of the molecule is CNC(CCN(CCO)C(C)C)c1ccccc1Br. The van der Waals surface area contributed by atoms with Crippen LogP contribution in [0.1, 0.15) is 31.9 Å². The van der Waals surface area contributed by atoms with Gasteiger partial charge in [0.15, 0.2) is 0 Å². The Hall–Kier alpha value is -0.420. The second kappa shape index (κ2) is 8.69. The number of aliphatic hydroxyl groups is 1. The number of hydrogen-bond acceptors (Lipinski definition) is 3. The number of aliphatic hydroxyl groups excluding tert-OH is 1. The lowest BCUT2D eigenvalue weighted by Crippen LogP contribution is -2.36. The molecule has 0 aliphatic heterocycles. The fourth-order valence-corrected chi connectivity index (χ4v) is 2.83. The minimum Gasteiger partial charge on any atom is -0.395 e. The Bertz CT molecular complexity index is 371. The molecule has 19 heavy (non-hydrogen) atoms. The molecule has 1 aromatic rings. The summed E-state index contributed by atoms with van der Waals surface area (Å²) in [7, 11) is 2.00. The predicted octanol–water partition coefficient (Wildman–Crippen LogP) is 2.80. The topological polar surface area (TPSA) is 35.5 Å². The van der Waals surface area contributed by atoms with E-state index in [1.54, 1.807) is 0 Å². The van der Waals surface area contributed by atoms with E-state index in [2.05, 4.69) is 58.2 Å². The van der Waals surface area contributed by atoms with Crippen molar-refractivity contribution in [3.63, 3.8) is 0 Å². The van der Waals surface area contributed by atoms with Gasteiger partial charge in [0, 0.05) is 29.6 Å². The predicted molar refractivity (Wildman–Crippen MR) is 84.4 cm³/mol. The lowest BCUT2D eigenvalue weighted by Gasteiger charge is -2.28. The molecule has 108 valence electrons. The quantitative estimate of drug-likeness (QED) is 0.770. The molecule has 0 heterocycles. The molecule has 0 aliphatic rings. The molecule has 0 amide bonds. The molecule has 0 saturated carbocycles. The Morgan fingerprint density at radius 3 is 2.47 bits per heavy atom. The number of nitrogens with zero attached hydrogens (tertiary/aromatic N) is 1. The first-order valence-electron chi connectivity index (χ1n) is 6.86. The van der Waals surface area contributed by atoms with Crippen LogP contribution in [0.4, 0.5) is 0 Å². The summed E-state index contributed by atoms with van der Waals surface area (Å²) < 4.78 is 1.15. The summed E-state index contributed by atoms with van der Waals surface area (Å²) in [4.78, 5) is 2.31. The largest absolute Gasteiger partial charge is 0.395 e. The van der Waals surface area contributed by atoms with Gasteiger partial charge in [-0.1, -0.05) is 34.1 Å². The fraction of sp³-hybridized carbons (Fsp3) is 0.600. The van der Waals surface area contributed by atoms with E-state index in [1.807, 2.05) is 13.1 Å². The maximum absolute atomic E-state index is 9.10. The highest BCUT2D eigenvalue weighted by Crippen LogP contribution is 2.25. The van der Waals surface area contributed by atoms with Crippen LogP contribution in [0.2, 0.25) is 0 Å². The number of benzene rings is 1. The molecule has 2 N–H and O–H groups in total. The van der Waals surface area contributed by atoms with Crippen molar-refractivity contribution in [3.05, 3.63) is 34.3 Å². The van der Waals surface area contributed by atoms with Gasteiger partial charge in [-0.3, -0.25) is 4.90 Å². The van der Waals surface area contributed by atoms with E-state index in [0.717, 1.165) is 24.0 Å². The molecule has 1 atom stereocenters. The molecular formula is C15H25BrN2O. The van der Waals surface area contributed by atoms with E-state index in [4.69, 9.17) is 5.11 Å². The van der Waals surface area contributed by atoms with Crippen molar-refractivity contribution in [2.75, 3.05) is 26.7 Å². The fourth-order valence-electron chi connectivity index (χ4n) is 2.26. The number of halogens is 1. The van der Waals surface area contributed by atoms with Gasteiger partial charge in [0.05, 0.1) is 6.61 Å². The Morgan fingerprint density at radius 2 is 1.95 bits per heavy atom. The third-order valence-corrected chi connectivity index (χ3v) is 4.17. The van der Waals surface area contributed by atoms with E-state index in [0.29, 0.717) is 12.1 Å². The minimum atomic E-state index is 0.220. The number of rotatable bonds is 8. The average Bonchev–Trinajstić information content (AvgIpc) is 2.39. The summed E-state index contributed by atoms with van der Waals surface area (Å²) in [6, 6.07) is 9.12. The van der Waals surface area contributed by atoms with Crippen molar-refractivity contribution in [1.82, 2.24) is 10.2 Å². The van der Waals surface area contributed by atoms with Crippen LogP contribution in [0.3, 0.4) is 0 Å². The van der Waals surface area contributed by atoms with Crippen molar-refractivity contribution >= 4 is 15.9 Å². The zero-order valence-electron chi connectivity index (χ0n) is 12.1. The van der Waals surface area contributed by atoms with Gasteiger partial charge in [0.25, 0.3) is 0 Å². The normalized spacial score (nSPS) is 13.2. The molecule has 0 fully saturated rings. The van der Waals surface area contributed by atoms with Crippen LogP contribution >= 0.6 is 15.9 Å². The molecule has 4 heteroatoms. The van der Waals surface area contributed by atoms with Gasteiger partial charge < -0.3 is 10.4 Å². The van der Waals surface area contributed by atoms with Crippen LogP contribution < -0.4 is 5.32 Å². The Morgan fingerprint density at radius 1 is 1.26 bits per heavy atom. The van der Waals surface area contributed by atoms with Gasteiger partial charge in [-0.25, -0.2) is 0 Å². The third kappa shape index (κ3) is 5.22. The van der Waals surface area contributed by atoms with Crippen LogP contribution in [-0.4, -0.2) is 42.8 Å². The van der Waals surface area contributed by atoms with Crippen LogP contribution in [-0.2, 0) is 0 Å². The Kier molecular flexibility index (Phi) is 7.61. The first-order valence-corrected chi connectivity index (χ1v) is 7.66. The molecule has 1 rings (SSSR count). The van der Waals surface area contributed by atoms with Crippen LogP contribution in [0.25, 0.3) is 0 Å². The molecule has 0 aromatic heterocycles. The molecular weight excluding hydrogens is 304 g/mol. The molecule has 3 nitrogen and oxygen atoms in total. The van der Waals surface area contributed by atoms with Gasteiger partial charge in [0.1, 0.15) is 0 Å². The van der Waals surface area contributed by atoms with Gasteiger partial charge in [-0.05, 0) is 38.9 Å². The monoisotopic (exact) mass is 328 g/mol. The van der Waals surface area contributed by atoms with E-state index < -0.39 is 0 Å². The van der Waals surface area contributed by atoms with E-state index in [-0.39, 0.29) is 6.61 Å². The zero-order chi connectivity index (χ0) is 14.3. The van der Waals surface area contributed by atoms with E-state index in [9.17, 15) is 0 Å². The second-order valence-corrected chi connectivity index (χ2v) is 5.86. The van der Waals surface area contributed by atoms with Gasteiger partial charge in [-0.2, -0.15) is 0 Å². The van der Waals surface area contributed by atoms with E-state index in [1.165, 1.54) is 5.56 Å². The molecule has 0 spiro atoms. The molecule has 0 saturated heterocycles. The first kappa shape index (κ1) is 16.6. The van der Waals surface area contributed by atoms with Crippen molar-refractivity contribution < 1.29 is 5.11 Å². The smallest absolute Gasteiger partial charge is 0.0558 e. The van der Waals surface area contributed by atoms with Crippen LogP contribution in [0.5, 0.6) is 0 Å². The lowest BCUT2D eigenvalue weighted by atomic mass is 10.0. The first-order chi connectivity index (χ1) is 9.10. The summed E-state index contributed by atoms with van der Waals surface area (Å²) in [5.41, 5.74) is 1.29. The van der Waals surface area contributed by atoms with Crippen molar-refractivity contribution in [2.24, 2.45) is 0 Å². The highest BCUT2D eigenvalue weighted by molar-refractivity contribution is 9.10. The maximum atomic E-state index is 9.10. The summed E-state index contributed by atoms with van der Waals surface area (Å²) in [6.07, 6.45) is 1.03. The maximum Gasteiger partial charge on any atom is 0.0558 e. The lowest BCUT2D eigenvalue weighted by molar-refractivity contribution is 0.160. The number of nitrogens with one attached hydrogen (secondary N) is 1. The average molecular weight is 329 g/mol. The van der Waals surface area contributed by atoms with Gasteiger partial charge in [0.2, 0.25) is 0 Å². The van der Waals surface area contributed by atoms with Crippen molar-refractivity contribution in [3.8, 4) is 0 Å². The molecule has 0 bridgehead atoms. The molecule has 0 aliphatic carbocycles.